The minimum Gasteiger partial charge on any atom is -0.486 e. The Bertz CT molecular complexity index is 844. The number of benzene rings is 1. The van der Waals surface area contributed by atoms with Gasteiger partial charge in [-0.3, -0.25) is 4.90 Å². The Morgan fingerprint density at radius 3 is 2.54 bits per heavy atom. The maximum absolute atomic E-state index is 9.05. The van der Waals surface area contributed by atoms with Gasteiger partial charge in [-0.05, 0) is 29.8 Å². The first-order chi connectivity index (χ1) is 12.7. The van der Waals surface area contributed by atoms with Crippen molar-refractivity contribution in [3.05, 3.63) is 46.1 Å². The van der Waals surface area contributed by atoms with Gasteiger partial charge in [-0.15, -0.1) is 0 Å². The Hall–Kier alpha value is -2.30. The maximum Gasteiger partial charge on any atom is 0.162 e. The summed E-state index contributed by atoms with van der Waals surface area (Å²) in [5, 5.41) is 9.05. The minimum atomic E-state index is 0.599. The molecule has 0 N–H and O–H groups in total. The number of fused-ring (bicyclic) bond motifs is 1. The molecule has 3 heterocycles. The van der Waals surface area contributed by atoms with Crippen LogP contribution in [-0.4, -0.2) is 49.3 Å². The van der Waals surface area contributed by atoms with E-state index in [0.717, 1.165) is 54.5 Å². The fourth-order valence-corrected chi connectivity index (χ4v) is 3.71. The summed E-state index contributed by atoms with van der Waals surface area (Å²) < 4.78 is 12.4. The molecule has 1 saturated heterocycles. The molecule has 0 spiro atoms. The zero-order valence-corrected chi connectivity index (χ0v) is 15.9. The number of piperazine rings is 1. The molecule has 4 rings (SSSR count). The summed E-state index contributed by atoms with van der Waals surface area (Å²) in [5.74, 6) is 2.51. The van der Waals surface area contributed by atoms with Crippen molar-refractivity contribution in [3.63, 3.8) is 0 Å². The summed E-state index contributed by atoms with van der Waals surface area (Å²) in [6, 6.07) is 9.83. The minimum absolute atomic E-state index is 0.599. The molecule has 7 heteroatoms. The van der Waals surface area contributed by atoms with E-state index in [0.29, 0.717) is 18.8 Å². The summed E-state index contributed by atoms with van der Waals surface area (Å²) in [6.45, 7) is 5.73. The van der Waals surface area contributed by atoms with E-state index in [9.17, 15) is 0 Å². The molecule has 26 heavy (non-hydrogen) atoms. The van der Waals surface area contributed by atoms with Crippen molar-refractivity contribution in [2.45, 2.75) is 6.54 Å². The third-order valence-corrected chi connectivity index (χ3v) is 5.41. The van der Waals surface area contributed by atoms with Crippen molar-refractivity contribution in [3.8, 4) is 17.6 Å². The van der Waals surface area contributed by atoms with Crippen LogP contribution in [0, 0.1) is 11.3 Å². The van der Waals surface area contributed by atoms with Crippen molar-refractivity contribution >= 4 is 21.7 Å². The Balaban J connectivity index is 1.40. The lowest BCUT2D eigenvalue weighted by Gasteiger charge is -2.35. The second-order valence-electron chi connectivity index (χ2n) is 6.36. The molecule has 0 unspecified atom stereocenters. The highest BCUT2D eigenvalue weighted by molar-refractivity contribution is 9.10. The highest BCUT2D eigenvalue weighted by atomic mass is 79.9. The monoisotopic (exact) mass is 414 g/mol. The van der Waals surface area contributed by atoms with Crippen LogP contribution in [0.4, 0.5) is 5.82 Å². The Labute approximate surface area is 161 Å². The lowest BCUT2D eigenvalue weighted by Crippen LogP contribution is -2.46. The molecule has 1 aromatic carbocycles. The van der Waals surface area contributed by atoms with Crippen molar-refractivity contribution in [2.75, 3.05) is 44.3 Å². The van der Waals surface area contributed by atoms with Gasteiger partial charge in [0, 0.05) is 43.4 Å². The van der Waals surface area contributed by atoms with Crippen LogP contribution in [0.25, 0.3) is 0 Å². The van der Waals surface area contributed by atoms with Crippen molar-refractivity contribution in [1.82, 2.24) is 9.88 Å². The molecule has 0 radical (unpaired) electrons. The quantitative estimate of drug-likeness (QED) is 0.769. The summed E-state index contributed by atoms with van der Waals surface area (Å²) >= 11 is 3.65. The highest BCUT2D eigenvalue weighted by Crippen LogP contribution is 2.36. The second kappa shape index (κ2) is 7.52. The molecule has 2 aliphatic rings. The van der Waals surface area contributed by atoms with E-state index in [4.69, 9.17) is 14.7 Å². The van der Waals surface area contributed by atoms with E-state index in [1.54, 1.807) is 12.3 Å². The molecule has 0 aliphatic carbocycles. The van der Waals surface area contributed by atoms with Crippen molar-refractivity contribution in [1.29, 1.82) is 5.26 Å². The zero-order chi connectivity index (χ0) is 17.9. The fraction of sp³-hybridized carbons (Fsp3) is 0.368. The molecule has 1 fully saturated rings. The molecule has 0 bridgehead atoms. The zero-order valence-electron chi connectivity index (χ0n) is 14.3. The predicted molar refractivity (Wildman–Crippen MR) is 102 cm³/mol. The number of halogens is 1. The van der Waals surface area contributed by atoms with Gasteiger partial charge in [0.1, 0.15) is 19.0 Å². The summed E-state index contributed by atoms with van der Waals surface area (Å²) in [5.41, 5.74) is 1.85. The van der Waals surface area contributed by atoms with E-state index in [1.807, 2.05) is 12.1 Å². The van der Waals surface area contributed by atoms with Gasteiger partial charge in [-0.2, -0.15) is 5.26 Å². The van der Waals surface area contributed by atoms with Gasteiger partial charge < -0.3 is 14.4 Å². The number of nitriles is 1. The van der Waals surface area contributed by atoms with Crippen LogP contribution in [0.15, 0.2) is 34.9 Å². The van der Waals surface area contributed by atoms with E-state index >= 15 is 0 Å². The number of ether oxygens (including phenoxy) is 2. The maximum atomic E-state index is 9.05. The first-order valence-corrected chi connectivity index (χ1v) is 9.44. The lowest BCUT2D eigenvalue weighted by molar-refractivity contribution is 0.170. The number of anilines is 1. The van der Waals surface area contributed by atoms with E-state index in [2.05, 4.69) is 42.8 Å². The molecule has 134 valence electrons. The number of hydrogen-bond acceptors (Lipinski definition) is 6. The third-order valence-electron chi connectivity index (χ3n) is 4.68. The van der Waals surface area contributed by atoms with Gasteiger partial charge in [0.05, 0.1) is 11.6 Å². The molecule has 0 saturated carbocycles. The Morgan fingerprint density at radius 2 is 1.81 bits per heavy atom. The van der Waals surface area contributed by atoms with Crippen LogP contribution in [0.3, 0.4) is 0 Å². The summed E-state index contributed by atoms with van der Waals surface area (Å²) in [7, 11) is 0. The molecule has 6 nitrogen and oxygen atoms in total. The van der Waals surface area contributed by atoms with Crippen LogP contribution in [0.1, 0.15) is 11.1 Å². The van der Waals surface area contributed by atoms with Gasteiger partial charge in [0.25, 0.3) is 0 Å². The van der Waals surface area contributed by atoms with E-state index < -0.39 is 0 Å². The third kappa shape index (κ3) is 3.62. The number of pyridine rings is 1. The normalized spacial score (nSPS) is 17.0. The van der Waals surface area contributed by atoms with Crippen LogP contribution in [0.2, 0.25) is 0 Å². The van der Waals surface area contributed by atoms with Gasteiger partial charge in [-0.1, -0.05) is 15.9 Å². The molecular weight excluding hydrogens is 396 g/mol. The summed E-state index contributed by atoms with van der Waals surface area (Å²) in [6.07, 6.45) is 1.70. The SMILES string of the molecule is N#Cc1ccnc(N2CCN(Cc3cc4c(cc3Br)OCCO4)CC2)c1. The van der Waals surface area contributed by atoms with E-state index in [1.165, 1.54) is 5.56 Å². The number of hydrogen-bond donors (Lipinski definition) is 0. The summed E-state index contributed by atoms with van der Waals surface area (Å²) in [4.78, 5) is 9.05. The molecule has 0 atom stereocenters. The fourth-order valence-electron chi connectivity index (χ4n) is 3.26. The molecule has 0 amide bonds. The second-order valence-corrected chi connectivity index (χ2v) is 7.22. The molecule has 2 aliphatic heterocycles. The molecular formula is C19H19BrN4O2. The van der Waals surface area contributed by atoms with Crippen LogP contribution >= 0.6 is 15.9 Å². The van der Waals surface area contributed by atoms with E-state index in [-0.39, 0.29) is 0 Å². The van der Waals surface area contributed by atoms with Crippen LogP contribution in [-0.2, 0) is 6.54 Å². The first-order valence-electron chi connectivity index (χ1n) is 8.64. The van der Waals surface area contributed by atoms with Gasteiger partial charge in [0.2, 0.25) is 0 Å². The Kier molecular flexibility index (Phi) is 4.96. The topological polar surface area (TPSA) is 61.6 Å². The van der Waals surface area contributed by atoms with Crippen molar-refractivity contribution < 1.29 is 9.47 Å². The lowest BCUT2D eigenvalue weighted by atomic mass is 10.1. The van der Waals surface area contributed by atoms with Gasteiger partial charge >= 0.3 is 0 Å². The molecule has 1 aromatic heterocycles. The Morgan fingerprint density at radius 1 is 1.08 bits per heavy atom. The molecule has 2 aromatic rings. The van der Waals surface area contributed by atoms with Crippen LogP contribution in [0.5, 0.6) is 11.5 Å². The van der Waals surface area contributed by atoms with Gasteiger partial charge in [-0.25, -0.2) is 4.98 Å². The smallest absolute Gasteiger partial charge is 0.162 e. The predicted octanol–water partition coefficient (Wildman–Crippen LogP) is 2.81. The van der Waals surface area contributed by atoms with Gasteiger partial charge in [0.15, 0.2) is 11.5 Å². The first kappa shape index (κ1) is 17.1. The number of rotatable bonds is 3. The standard InChI is InChI=1S/C19H19BrN4O2/c20-16-11-18-17(25-7-8-26-18)10-15(16)13-23-3-5-24(6-4-23)19-9-14(12-21)1-2-22-19/h1-2,9-11H,3-8,13H2. The van der Waals surface area contributed by atoms with Crippen LogP contribution < -0.4 is 14.4 Å². The average Bonchev–Trinajstić information content (AvgIpc) is 2.69. The highest BCUT2D eigenvalue weighted by Gasteiger charge is 2.21. The van der Waals surface area contributed by atoms with Crippen molar-refractivity contribution in [2.24, 2.45) is 0 Å². The number of aromatic nitrogens is 1. The average molecular weight is 415 g/mol. The number of nitrogens with zero attached hydrogens (tertiary/aromatic N) is 4. The largest absolute Gasteiger partial charge is 0.486 e.